The Morgan fingerprint density at radius 2 is 1.83 bits per heavy atom. The maximum atomic E-state index is 12.4. The van der Waals surface area contributed by atoms with Crippen molar-refractivity contribution in [3.8, 4) is 11.5 Å². The summed E-state index contributed by atoms with van der Waals surface area (Å²) in [6.45, 7) is 4.54. The molecule has 3 aliphatic rings. The van der Waals surface area contributed by atoms with Crippen molar-refractivity contribution in [3.05, 3.63) is 63.7 Å². The molecule has 5 rings (SSSR count). The fraction of sp³-hybridized carbons (Fsp3) is 0.536. The molecule has 2 saturated carbocycles. The van der Waals surface area contributed by atoms with Gasteiger partial charge in [-0.1, -0.05) is 32.8 Å². The van der Waals surface area contributed by atoms with Crippen LogP contribution in [0.3, 0.4) is 0 Å². The zero-order chi connectivity index (χ0) is 24.7. The van der Waals surface area contributed by atoms with Gasteiger partial charge < -0.3 is 14.6 Å². The highest BCUT2D eigenvalue weighted by Gasteiger charge is 2.56. The van der Waals surface area contributed by atoms with E-state index in [9.17, 15) is 20.0 Å². The number of nitro benzene ring substituents is 1. The quantitative estimate of drug-likeness (QED) is 0.230. The topological polar surface area (TPSA) is 98.9 Å². The molecule has 0 saturated heterocycles. The molecule has 1 N–H and O–H groups in total. The van der Waals surface area contributed by atoms with Crippen molar-refractivity contribution in [1.29, 1.82) is 0 Å². The maximum absolute atomic E-state index is 12.4. The van der Waals surface area contributed by atoms with Gasteiger partial charge in [0.1, 0.15) is 11.5 Å². The van der Waals surface area contributed by atoms with Crippen LogP contribution in [-0.4, -0.2) is 22.3 Å². The summed E-state index contributed by atoms with van der Waals surface area (Å²) in [4.78, 5) is 22.6. The smallest absolute Gasteiger partial charge is 0.395 e. The standard InChI is InChI=1S/C28H33NO6/c1-3-4-17-15-18-16-21(35-27(31)34-20-7-5-19(6-8-20)29(32)33)9-10-22(18)23-13-14-28(2)24(26(17)23)11-12-25(28)30/h5-10,16-17,23-26,30H,3-4,11-15H2,1-2H3/t17-,23-,24+,25+,26-,28+/m1/s1. The monoisotopic (exact) mass is 479 g/mol. The minimum atomic E-state index is -0.869. The molecule has 2 fully saturated rings. The summed E-state index contributed by atoms with van der Waals surface area (Å²) >= 11 is 0. The molecule has 6 atom stereocenters. The molecule has 186 valence electrons. The molecule has 0 bridgehead atoms. The molecule has 0 aromatic heterocycles. The van der Waals surface area contributed by atoms with Crippen molar-refractivity contribution in [3.63, 3.8) is 0 Å². The molecule has 0 unspecified atom stereocenters. The number of nitro groups is 1. The number of non-ortho nitro benzene ring substituents is 1. The van der Waals surface area contributed by atoms with E-state index >= 15 is 0 Å². The predicted molar refractivity (Wildman–Crippen MR) is 131 cm³/mol. The van der Waals surface area contributed by atoms with Gasteiger partial charge in [-0.3, -0.25) is 10.1 Å². The van der Waals surface area contributed by atoms with E-state index in [1.54, 1.807) is 0 Å². The van der Waals surface area contributed by atoms with Crippen LogP contribution >= 0.6 is 0 Å². The number of carbonyl (C=O) groups is 1. The molecule has 0 aliphatic heterocycles. The second-order valence-electron chi connectivity index (χ2n) is 10.7. The zero-order valence-electron chi connectivity index (χ0n) is 20.3. The molecule has 35 heavy (non-hydrogen) atoms. The van der Waals surface area contributed by atoms with Crippen LogP contribution in [0.5, 0.6) is 11.5 Å². The van der Waals surface area contributed by atoms with Crippen LogP contribution in [0.25, 0.3) is 0 Å². The fourth-order valence-corrected chi connectivity index (χ4v) is 7.30. The highest BCUT2D eigenvalue weighted by atomic mass is 16.7. The van der Waals surface area contributed by atoms with E-state index in [0.717, 1.165) is 44.9 Å². The normalized spacial score (nSPS) is 31.1. The first-order valence-corrected chi connectivity index (χ1v) is 12.7. The third-order valence-electron chi connectivity index (χ3n) is 8.93. The highest BCUT2D eigenvalue weighted by Crippen LogP contribution is 2.62. The predicted octanol–water partition coefficient (Wildman–Crippen LogP) is 6.42. The van der Waals surface area contributed by atoms with Gasteiger partial charge in [-0.15, -0.1) is 0 Å². The number of benzene rings is 2. The van der Waals surface area contributed by atoms with Crippen molar-refractivity contribution in [2.75, 3.05) is 0 Å². The fourth-order valence-electron chi connectivity index (χ4n) is 7.30. The van der Waals surface area contributed by atoms with E-state index < -0.39 is 11.1 Å². The Morgan fingerprint density at radius 3 is 2.54 bits per heavy atom. The van der Waals surface area contributed by atoms with Crippen molar-refractivity contribution >= 4 is 11.8 Å². The van der Waals surface area contributed by atoms with E-state index in [1.807, 2.05) is 12.1 Å². The van der Waals surface area contributed by atoms with Crippen LogP contribution < -0.4 is 9.47 Å². The first-order valence-electron chi connectivity index (χ1n) is 12.7. The number of fused-ring (bicyclic) bond motifs is 5. The van der Waals surface area contributed by atoms with Gasteiger partial charge in [-0.05, 0) is 96.6 Å². The van der Waals surface area contributed by atoms with E-state index in [1.165, 1.54) is 35.4 Å². The van der Waals surface area contributed by atoms with Crippen molar-refractivity contribution in [2.45, 2.75) is 70.8 Å². The van der Waals surface area contributed by atoms with Crippen LogP contribution in [0.15, 0.2) is 42.5 Å². The Kier molecular flexibility index (Phi) is 6.30. The SMILES string of the molecule is CCC[C@@H]1Cc2cc(OC(=O)Oc3ccc([N+](=O)[O-])cc3)ccc2[C@H]2CC[C@]3(C)[C@@H](O)CC[C@H]3[C@H]12. The number of ether oxygens (including phenoxy) is 2. The van der Waals surface area contributed by atoms with Gasteiger partial charge in [-0.2, -0.15) is 0 Å². The van der Waals surface area contributed by atoms with Gasteiger partial charge in [0.15, 0.2) is 0 Å². The third kappa shape index (κ3) is 4.31. The molecule has 0 heterocycles. The molecular formula is C28H33NO6. The van der Waals surface area contributed by atoms with Gasteiger partial charge in [0.05, 0.1) is 11.0 Å². The summed E-state index contributed by atoms with van der Waals surface area (Å²) in [7, 11) is 0. The van der Waals surface area contributed by atoms with Crippen LogP contribution in [0.4, 0.5) is 10.5 Å². The van der Waals surface area contributed by atoms with Crippen LogP contribution in [0.2, 0.25) is 0 Å². The molecule has 0 amide bonds. The summed E-state index contributed by atoms with van der Waals surface area (Å²) in [5, 5.41) is 21.6. The number of nitrogens with zero attached hydrogens (tertiary/aromatic N) is 1. The van der Waals surface area contributed by atoms with E-state index in [4.69, 9.17) is 9.47 Å². The summed E-state index contributed by atoms with van der Waals surface area (Å²) in [6.07, 6.45) is 6.37. The third-order valence-corrected chi connectivity index (χ3v) is 8.93. The summed E-state index contributed by atoms with van der Waals surface area (Å²) in [5.41, 5.74) is 2.57. The number of rotatable bonds is 5. The second-order valence-corrected chi connectivity index (χ2v) is 10.7. The number of hydrogen-bond donors (Lipinski definition) is 1. The average Bonchev–Trinajstić information content (AvgIpc) is 3.13. The first kappa shape index (κ1) is 23.8. The lowest BCUT2D eigenvalue weighted by atomic mass is 9.52. The number of carbonyl (C=O) groups excluding carboxylic acids is 1. The van der Waals surface area contributed by atoms with Crippen molar-refractivity contribution < 1.29 is 24.3 Å². The lowest BCUT2D eigenvalue weighted by Crippen LogP contribution is -2.47. The van der Waals surface area contributed by atoms with E-state index in [2.05, 4.69) is 19.9 Å². The minimum absolute atomic E-state index is 0.0370. The van der Waals surface area contributed by atoms with Gasteiger partial charge in [0.25, 0.3) is 5.69 Å². The largest absolute Gasteiger partial charge is 0.519 e. The van der Waals surface area contributed by atoms with Crippen LogP contribution in [0.1, 0.15) is 69.4 Å². The molecule has 2 aromatic rings. The van der Waals surface area contributed by atoms with Crippen LogP contribution in [-0.2, 0) is 6.42 Å². The van der Waals surface area contributed by atoms with Crippen molar-refractivity contribution in [2.24, 2.45) is 23.2 Å². The van der Waals surface area contributed by atoms with E-state index in [-0.39, 0.29) is 23.0 Å². The minimum Gasteiger partial charge on any atom is -0.395 e. The maximum Gasteiger partial charge on any atom is 0.519 e. The highest BCUT2D eigenvalue weighted by molar-refractivity contribution is 5.67. The Bertz CT molecular complexity index is 1110. The average molecular weight is 480 g/mol. The van der Waals surface area contributed by atoms with Gasteiger partial charge in [0.2, 0.25) is 0 Å². The number of aliphatic hydroxyl groups excluding tert-OH is 1. The van der Waals surface area contributed by atoms with Crippen LogP contribution in [0, 0.1) is 33.3 Å². The summed E-state index contributed by atoms with van der Waals surface area (Å²) < 4.78 is 10.7. The van der Waals surface area contributed by atoms with E-state index in [0.29, 0.717) is 29.4 Å². The molecule has 3 aliphatic carbocycles. The van der Waals surface area contributed by atoms with Gasteiger partial charge in [0, 0.05) is 12.1 Å². The summed E-state index contributed by atoms with van der Waals surface area (Å²) in [6, 6.07) is 11.2. The molecule has 7 nitrogen and oxygen atoms in total. The lowest BCUT2D eigenvalue weighted by molar-refractivity contribution is -0.384. The first-order chi connectivity index (χ1) is 16.8. The number of aliphatic hydroxyl groups is 1. The molecule has 2 aromatic carbocycles. The lowest BCUT2D eigenvalue weighted by Gasteiger charge is -2.53. The second kappa shape index (κ2) is 9.26. The zero-order valence-corrected chi connectivity index (χ0v) is 20.3. The Labute approximate surface area is 205 Å². The van der Waals surface area contributed by atoms with Gasteiger partial charge >= 0.3 is 6.16 Å². The Morgan fingerprint density at radius 1 is 1.11 bits per heavy atom. The molecule has 7 heteroatoms. The number of hydrogen-bond acceptors (Lipinski definition) is 6. The Hall–Kier alpha value is -2.93. The molecule has 0 spiro atoms. The van der Waals surface area contributed by atoms with Gasteiger partial charge in [-0.25, -0.2) is 4.79 Å². The molecular weight excluding hydrogens is 446 g/mol. The van der Waals surface area contributed by atoms with Crippen molar-refractivity contribution in [1.82, 2.24) is 0 Å². The molecule has 0 radical (unpaired) electrons. The summed E-state index contributed by atoms with van der Waals surface area (Å²) in [5.74, 6) is 2.84. The Balaban J connectivity index is 1.34.